The highest BCUT2D eigenvalue weighted by molar-refractivity contribution is 5.31. The maximum atomic E-state index is 14.9. The molecule has 1 unspecified atom stereocenters. The molecule has 0 spiro atoms. The first kappa shape index (κ1) is 23.9. The molecule has 1 atom stereocenters. The van der Waals surface area contributed by atoms with E-state index in [9.17, 15) is 13.2 Å². The van der Waals surface area contributed by atoms with Crippen molar-refractivity contribution in [1.29, 1.82) is 0 Å². The summed E-state index contributed by atoms with van der Waals surface area (Å²) in [6.45, 7) is 0.615. The van der Waals surface area contributed by atoms with Gasteiger partial charge in [-0.3, -0.25) is 0 Å². The Morgan fingerprint density at radius 1 is 0.824 bits per heavy atom. The van der Waals surface area contributed by atoms with E-state index in [1.807, 2.05) is 18.2 Å². The molecule has 0 N–H and O–H groups in total. The molecular formula is C29H35F3O2. The molecule has 5 rings (SSSR count). The summed E-state index contributed by atoms with van der Waals surface area (Å²) in [5, 5.41) is 0. The predicted molar refractivity (Wildman–Crippen MR) is 126 cm³/mol. The Hall–Kier alpha value is -1.85. The Balaban J connectivity index is 1.13. The molecule has 3 aliphatic rings. The Morgan fingerprint density at radius 3 is 2.15 bits per heavy atom. The first-order valence-corrected chi connectivity index (χ1v) is 12.9. The highest BCUT2D eigenvalue weighted by atomic mass is 19.2. The van der Waals surface area contributed by atoms with Crippen LogP contribution in [-0.2, 0) is 15.9 Å². The first-order valence-electron chi connectivity index (χ1n) is 12.9. The van der Waals surface area contributed by atoms with E-state index < -0.39 is 11.6 Å². The maximum Gasteiger partial charge on any atom is 0.162 e. The quantitative estimate of drug-likeness (QED) is 0.384. The summed E-state index contributed by atoms with van der Waals surface area (Å²) in [7, 11) is 1.72. The van der Waals surface area contributed by atoms with Crippen LogP contribution >= 0.6 is 0 Å². The van der Waals surface area contributed by atoms with Gasteiger partial charge in [-0.25, -0.2) is 13.2 Å². The van der Waals surface area contributed by atoms with E-state index in [4.69, 9.17) is 9.47 Å². The minimum absolute atomic E-state index is 0.0604. The minimum atomic E-state index is -0.657. The van der Waals surface area contributed by atoms with Gasteiger partial charge >= 0.3 is 0 Å². The molecular weight excluding hydrogens is 437 g/mol. The van der Waals surface area contributed by atoms with E-state index in [0.29, 0.717) is 41.6 Å². The van der Waals surface area contributed by atoms with Crippen LogP contribution in [-0.4, -0.2) is 19.8 Å². The fourth-order valence-corrected chi connectivity index (χ4v) is 6.15. The van der Waals surface area contributed by atoms with E-state index in [0.717, 1.165) is 63.4 Å². The number of halogens is 3. The SMILES string of the molecule is COC1CCC(c2ccc(CCC3CCC(c4ccc(C5CO5)c(F)c4)CC3)c(F)c2F)CC1. The number of benzene rings is 2. The lowest BCUT2D eigenvalue weighted by Crippen LogP contribution is -2.20. The van der Waals surface area contributed by atoms with Gasteiger partial charge in [-0.15, -0.1) is 0 Å². The lowest BCUT2D eigenvalue weighted by atomic mass is 9.76. The molecule has 34 heavy (non-hydrogen) atoms. The van der Waals surface area contributed by atoms with Gasteiger partial charge in [-0.2, -0.15) is 0 Å². The number of hydrogen-bond donors (Lipinski definition) is 0. The van der Waals surface area contributed by atoms with Crippen LogP contribution in [0.5, 0.6) is 0 Å². The van der Waals surface area contributed by atoms with Crippen molar-refractivity contribution in [2.75, 3.05) is 13.7 Å². The lowest BCUT2D eigenvalue weighted by Gasteiger charge is -2.29. The van der Waals surface area contributed by atoms with Gasteiger partial charge in [-0.05, 0) is 105 Å². The molecule has 1 heterocycles. The number of ether oxygens (including phenoxy) is 2. The van der Waals surface area contributed by atoms with Gasteiger partial charge in [0.1, 0.15) is 11.9 Å². The molecule has 184 valence electrons. The number of hydrogen-bond acceptors (Lipinski definition) is 2. The van der Waals surface area contributed by atoms with E-state index in [1.54, 1.807) is 19.2 Å². The monoisotopic (exact) mass is 472 g/mol. The molecule has 0 bridgehead atoms. The molecule has 2 aromatic rings. The number of methoxy groups -OCH3 is 1. The van der Waals surface area contributed by atoms with Gasteiger partial charge in [0.25, 0.3) is 0 Å². The average molecular weight is 473 g/mol. The van der Waals surface area contributed by atoms with Gasteiger partial charge in [0.2, 0.25) is 0 Å². The van der Waals surface area contributed by atoms with Crippen LogP contribution in [0.15, 0.2) is 30.3 Å². The molecule has 3 fully saturated rings. The molecule has 2 aromatic carbocycles. The molecule has 0 aromatic heterocycles. The Bertz CT molecular complexity index is 987. The van der Waals surface area contributed by atoms with Crippen LogP contribution < -0.4 is 0 Å². The van der Waals surface area contributed by atoms with Crippen molar-refractivity contribution in [3.8, 4) is 0 Å². The Kier molecular flexibility index (Phi) is 7.31. The summed E-state index contributed by atoms with van der Waals surface area (Å²) in [5.41, 5.74) is 2.76. The molecule has 2 saturated carbocycles. The zero-order valence-electron chi connectivity index (χ0n) is 20.0. The Morgan fingerprint density at radius 2 is 1.50 bits per heavy atom. The van der Waals surface area contributed by atoms with Crippen molar-refractivity contribution >= 4 is 0 Å². The van der Waals surface area contributed by atoms with Gasteiger partial charge in [0.15, 0.2) is 11.6 Å². The van der Waals surface area contributed by atoms with Crippen LogP contribution in [0, 0.1) is 23.4 Å². The number of epoxide rings is 1. The fraction of sp³-hybridized carbons (Fsp3) is 0.586. The van der Waals surface area contributed by atoms with Crippen molar-refractivity contribution in [2.24, 2.45) is 5.92 Å². The maximum absolute atomic E-state index is 14.9. The number of aryl methyl sites for hydroxylation is 1. The zero-order valence-corrected chi connectivity index (χ0v) is 20.0. The summed E-state index contributed by atoms with van der Waals surface area (Å²) in [6.07, 6.45) is 9.24. The summed E-state index contributed by atoms with van der Waals surface area (Å²) in [6, 6.07) is 9.22. The molecule has 5 heteroatoms. The molecule has 2 nitrogen and oxygen atoms in total. The van der Waals surface area contributed by atoms with E-state index in [1.165, 1.54) is 0 Å². The van der Waals surface area contributed by atoms with Crippen LogP contribution in [0.3, 0.4) is 0 Å². The average Bonchev–Trinajstić information content (AvgIpc) is 3.71. The van der Waals surface area contributed by atoms with Crippen molar-refractivity contribution in [3.63, 3.8) is 0 Å². The van der Waals surface area contributed by atoms with E-state index >= 15 is 0 Å². The topological polar surface area (TPSA) is 21.8 Å². The molecule has 1 saturated heterocycles. The fourth-order valence-electron chi connectivity index (χ4n) is 6.15. The molecule has 0 radical (unpaired) electrons. The largest absolute Gasteiger partial charge is 0.381 e. The summed E-state index contributed by atoms with van der Waals surface area (Å²) >= 11 is 0. The third kappa shape index (κ3) is 5.21. The van der Waals surface area contributed by atoms with Crippen molar-refractivity contribution in [2.45, 2.75) is 88.3 Å². The summed E-state index contributed by atoms with van der Waals surface area (Å²) in [4.78, 5) is 0. The van der Waals surface area contributed by atoms with Gasteiger partial charge < -0.3 is 9.47 Å². The second kappa shape index (κ2) is 10.4. The van der Waals surface area contributed by atoms with Crippen molar-refractivity contribution < 1.29 is 22.6 Å². The standard InChI is InChI=1S/C29H35F3O2/c1-33-23-12-8-20(9-13-23)24-14-10-21(28(31)29(24)32)7-4-18-2-5-19(6-3-18)22-11-15-25(26(30)16-22)27-17-34-27/h10-11,14-16,18-20,23,27H,2-9,12-13,17H2,1H3. The second-order valence-electron chi connectivity index (χ2n) is 10.5. The normalized spacial score (nSPS) is 29.2. The lowest BCUT2D eigenvalue weighted by molar-refractivity contribution is 0.0655. The zero-order chi connectivity index (χ0) is 23.7. The highest BCUT2D eigenvalue weighted by Crippen LogP contribution is 2.40. The third-order valence-electron chi connectivity index (χ3n) is 8.48. The smallest absolute Gasteiger partial charge is 0.162 e. The number of rotatable bonds is 7. The van der Waals surface area contributed by atoms with Crippen molar-refractivity contribution in [3.05, 3.63) is 70.0 Å². The molecule has 2 aliphatic carbocycles. The van der Waals surface area contributed by atoms with Crippen molar-refractivity contribution in [1.82, 2.24) is 0 Å². The highest BCUT2D eigenvalue weighted by Gasteiger charge is 2.30. The van der Waals surface area contributed by atoms with Gasteiger partial charge in [-0.1, -0.05) is 24.3 Å². The van der Waals surface area contributed by atoms with Gasteiger partial charge in [0.05, 0.1) is 12.7 Å². The van der Waals surface area contributed by atoms with Crippen LogP contribution in [0.4, 0.5) is 13.2 Å². The molecule has 1 aliphatic heterocycles. The predicted octanol–water partition coefficient (Wildman–Crippen LogP) is 7.75. The van der Waals surface area contributed by atoms with Crippen LogP contribution in [0.2, 0.25) is 0 Å². The summed E-state index contributed by atoms with van der Waals surface area (Å²) < 4.78 is 54.8. The third-order valence-corrected chi connectivity index (χ3v) is 8.48. The second-order valence-corrected chi connectivity index (χ2v) is 10.5. The van der Waals surface area contributed by atoms with Crippen LogP contribution in [0.1, 0.15) is 98.0 Å². The van der Waals surface area contributed by atoms with Crippen LogP contribution in [0.25, 0.3) is 0 Å². The minimum Gasteiger partial charge on any atom is -0.381 e. The first-order chi connectivity index (χ1) is 16.5. The van der Waals surface area contributed by atoms with E-state index in [2.05, 4.69) is 0 Å². The van der Waals surface area contributed by atoms with E-state index in [-0.39, 0.29) is 23.9 Å². The molecule has 0 amide bonds. The van der Waals surface area contributed by atoms with Gasteiger partial charge in [0, 0.05) is 12.7 Å². The summed E-state index contributed by atoms with van der Waals surface area (Å²) in [5.74, 6) is -0.497. The Labute approximate surface area is 200 Å².